The topological polar surface area (TPSA) is 141 Å². The Morgan fingerprint density at radius 3 is 2.39 bits per heavy atom. The Bertz CT molecular complexity index is 1220. The number of aromatic hydroxyl groups is 1. The fourth-order valence-electron chi connectivity index (χ4n) is 7.06. The van der Waals surface area contributed by atoms with E-state index in [-0.39, 0.29) is 36.5 Å². The van der Waals surface area contributed by atoms with Crippen molar-refractivity contribution >= 4 is 43.8 Å². The molecular formula is C32H46Br2O10. The van der Waals surface area contributed by atoms with E-state index >= 15 is 0 Å². The smallest absolute Gasteiger partial charge is 0.311 e. The number of cyclic esters (lactones) is 1. The molecule has 3 N–H and O–H groups in total. The van der Waals surface area contributed by atoms with Gasteiger partial charge in [-0.1, -0.05) is 34.6 Å². The minimum atomic E-state index is -1.89. The maximum atomic E-state index is 13.2. The van der Waals surface area contributed by atoms with Crippen LogP contribution in [0.25, 0.3) is 0 Å². The van der Waals surface area contributed by atoms with Crippen molar-refractivity contribution in [3.63, 3.8) is 0 Å². The van der Waals surface area contributed by atoms with Gasteiger partial charge in [0.1, 0.15) is 18.0 Å². The molecule has 1 unspecified atom stereocenters. The molecule has 0 aromatic heterocycles. The van der Waals surface area contributed by atoms with Crippen molar-refractivity contribution in [2.24, 2.45) is 23.2 Å². The zero-order chi connectivity index (χ0) is 32.8. The van der Waals surface area contributed by atoms with Gasteiger partial charge < -0.3 is 39.0 Å². The zero-order valence-corrected chi connectivity index (χ0v) is 29.6. The van der Waals surface area contributed by atoms with Crippen molar-refractivity contribution in [2.45, 2.75) is 122 Å². The lowest BCUT2D eigenvalue weighted by molar-refractivity contribution is -0.452. The monoisotopic (exact) mass is 748 g/mol. The van der Waals surface area contributed by atoms with Crippen LogP contribution in [-0.2, 0) is 33.3 Å². The van der Waals surface area contributed by atoms with E-state index in [0.717, 1.165) is 10.0 Å². The highest BCUT2D eigenvalue weighted by atomic mass is 79.9. The van der Waals surface area contributed by atoms with Crippen molar-refractivity contribution < 1.29 is 48.6 Å². The van der Waals surface area contributed by atoms with Gasteiger partial charge in [0, 0.05) is 39.7 Å². The third kappa shape index (κ3) is 7.16. The Morgan fingerprint density at radius 2 is 1.75 bits per heavy atom. The number of benzene rings is 1. The molecule has 3 bridgehead atoms. The second kappa shape index (κ2) is 13.4. The predicted octanol–water partition coefficient (Wildman–Crippen LogP) is 5.91. The molecule has 4 rings (SSSR count). The molecule has 0 amide bonds. The van der Waals surface area contributed by atoms with Crippen LogP contribution in [0, 0.1) is 23.2 Å². The molecule has 3 fully saturated rings. The Balaban J connectivity index is 1.67. The van der Waals surface area contributed by atoms with E-state index in [1.165, 1.54) is 6.92 Å². The van der Waals surface area contributed by atoms with Gasteiger partial charge in [-0.15, -0.1) is 0 Å². The minimum absolute atomic E-state index is 0.0736. The van der Waals surface area contributed by atoms with Crippen LogP contribution in [-0.4, -0.2) is 70.4 Å². The van der Waals surface area contributed by atoms with E-state index in [2.05, 4.69) is 38.8 Å². The summed E-state index contributed by atoms with van der Waals surface area (Å²) in [7, 11) is 1.62. The van der Waals surface area contributed by atoms with Gasteiger partial charge in [0.05, 0.1) is 31.2 Å². The first kappa shape index (κ1) is 35.6. The van der Waals surface area contributed by atoms with Crippen LogP contribution < -0.4 is 0 Å². The molecule has 0 saturated carbocycles. The normalized spacial score (nSPS) is 36.2. The van der Waals surface area contributed by atoms with E-state index in [1.54, 1.807) is 19.2 Å². The highest BCUT2D eigenvalue weighted by molar-refractivity contribution is 9.13. The van der Waals surface area contributed by atoms with Crippen LogP contribution in [0.15, 0.2) is 21.1 Å². The number of hydrogen-bond donors (Lipinski definition) is 3. The fourth-order valence-corrected chi connectivity index (χ4v) is 8.00. The van der Waals surface area contributed by atoms with Crippen LogP contribution in [0.4, 0.5) is 0 Å². The van der Waals surface area contributed by atoms with E-state index in [0.29, 0.717) is 23.7 Å². The van der Waals surface area contributed by atoms with E-state index < -0.39 is 65.7 Å². The van der Waals surface area contributed by atoms with Crippen LogP contribution in [0.5, 0.6) is 5.75 Å². The highest BCUT2D eigenvalue weighted by Crippen LogP contribution is 2.57. The number of ether oxygens (including phenoxy) is 5. The van der Waals surface area contributed by atoms with Gasteiger partial charge in [0.15, 0.2) is 11.6 Å². The Morgan fingerprint density at radius 1 is 1.07 bits per heavy atom. The van der Waals surface area contributed by atoms with Crippen molar-refractivity contribution in [1.82, 2.24) is 0 Å². The maximum Gasteiger partial charge on any atom is 0.311 e. The summed E-state index contributed by atoms with van der Waals surface area (Å²) in [5.41, 5.74) is 0.183. The molecule has 3 heterocycles. The molecule has 0 aliphatic carbocycles. The van der Waals surface area contributed by atoms with Crippen LogP contribution in [0.3, 0.4) is 0 Å². The van der Waals surface area contributed by atoms with Crippen LogP contribution in [0.1, 0.15) is 91.7 Å². The first-order chi connectivity index (χ1) is 20.4. The summed E-state index contributed by atoms with van der Waals surface area (Å²) in [6.07, 6.45) is -2.53. The van der Waals surface area contributed by atoms with Crippen molar-refractivity contribution in [3.05, 3.63) is 26.6 Å². The number of aliphatic hydroxyl groups excluding tert-OH is 1. The average molecular weight is 751 g/mol. The number of halogens is 2. The molecule has 1 aromatic carbocycles. The second-order valence-corrected chi connectivity index (χ2v) is 15.3. The number of methoxy groups -OCH3 is 1. The summed E-state index contributed by atoms with van der Waals surface area (Å²) < 4.78 is 32.3. The number of hydrogen-bond acceptors (Lipinski definition) is 10. The van der Waals surface area contributed by atoms with Gasteiger partial charge in [0.25, 0.3) is 0 Å². The third-order valence-electron chi connectivity index (χ3n) is 9.85. The molecule has 3 saturated heterocycles. The van der Waals surface area contributed by atoms with Gasteiger partial charge in [-0.05, 0) is 81.7 Å². The molecule has 3 aliphatic rings. The van der Waals surface area contributed by atoms with Gasteiger partial charge in [-0.2, -0.15) is 0 Å². The fraction of sp³-hybridized carbons (Fsp3) is 0.750. The Labute approximate surface area is 276 Å². The molecule has 10 atom stereocenters. The molecule has 1 aromatic rings. The number of aliphatic hydroxyl groups is 2. The second-order valence-electron chi connectivity index (χ2n) is 13.6. The van der Waals surface area contributed by atoms with Crippen molar-refractivity contribution in [3.8, 4) is 5.75 Å². The van der Waals surface area contributed by atoms with Crippen LogP contribution >= 0.6 is 31.9 Å². The number of esters is 2. The summed E-state index contributed by atoms with van der Waals surface area (Å²) in [5.74, 6) is -5.28. The summed E-state index contributed by atoms with van der Waals surface area (Å²) in [5, 5.41) is 32.3. The molecule has 44 heavy (non-hydrogen) atoms. The van der Waals surface area contributed by atoms with Crippen molar-refractivity contribution in [2.75, 3.05) is 7.11 Å². The first-order valence-corrected chi connectivity index (χ1v) is 16.9. The molecule has 1 spiro atoms. The summed E-state index contributed by atoms with van der Waals surface area (Å²) >= 11 is 7.07. The van der Waals surface area contributed by atoms with E-state index in [9.17, 15) is 24.9 Å². The first-order valence-electron chi connectivity index (χ1n) is 15.3. The molecule has 0 radical (unpaired) electrons. The number of rotatable bonds is 7. The Hall–Kier alpha value is -1.28. The lowest BCUT2D eigenvalue weighted by atomic mass is 9.66. The summed E-state index contributed by atoms with van der Waals surface area (Å²) in [4.78, 5) is 26.2. The standard InChI is InChI=1S/C32H46Br2O10/c1-16(8-9-23(40-7)21-10-20(36)11-22(33)28(21)34)29-18(3)25-14-32(43-29)30(5,6)13-17(2)31(39,44-32)15-27(38)41-24(19(4)35)12-26(37)42-25/h10-11,16-19,23-25,29,35-36,39H,8-9,12-15H2,1-7H3/t16-,17+,18-,19+,23-,24+,25?,29+,31-,32-/m0/s1. The number of phenolic OH excluding ortho intramolecular Hbond substituents is 1. The lowest BCUT2D eigenvalue weighted by Gasteiger charge is -2.61. The number of carbonyl (C=O) groups excluding carboxylic acids is 2. The number of phenols is 1. The van der Waals surface area contributed by atoms with Gasteiger partial charge >= 0.3 is 11.9 Å². The average Bonchev–Trinajstić information content (AvgIpc) is 2.91. The molecule has 12 heteroatoms. The Kier molecular flexibility index (Phi) is 10.9. The maximum absolute atomic E-state index is 13.2. The minimum Gasteiger partial charge on any atom is -0.508 e. The van der Waals surface area contributed by atoms with Gasteiger partial charge in [-0.25, -0.2) is 0 Å². The molecule has 10 nitrogen and oxygen atoms in total. The molecular weight excluding hydrogens is 704 g/mol. The molecule has 3 aliphatic heterocycles. The quantitative estimate of drug-likeness (QED) is 0.288. The van der Waals surface area contributed by atoms with Gasteiger partial charge in [-0.3, -0.25) is 9.59 Å². The largest absolute Gasteiger partial charge is 0.508 e. The number of fused-ring (bicyclic) bond motifs is 2. The highest BCUT2D eigenvalue weighted by Gasteiger charge is 2.64. The summed E-state index contributed by atoms with van der Waals surface area (Å²) in [6, 6.07) is 3.28. The van der Waals surface area contributed by atoms with E-state index in [4.69, 9.17) is 23.7 Å². The number of carbonyl (C=O) groups is 2. The predicted molar refractivity (Wildman–Crippen MR) is 167 cm³/mol. The van der Waals surface area contributed by atoms with Crippen molar-refractivity contribution in [1.29, 1.82) is 0 Å². The van der Waals surface area contributed by atoms with E-state index in [1.807, 2.05) is 27.7 Å². The summed E-state index contributed by atoms with van der Waals surface area (Å²) in [6.45, 7) is 11.3. The lowest BCUT2D eigenvalue weighted by Crippen LogP contribution is -2.68. The SMILES string of the molecule is CO[C@@H](CC[C@H](C)[C@H]1O[C@@]23CC(OC(=O)C[C@H]([C@@H](C)O)OC(=O)C[C@](O)(O2)[C@H](C)CC3(C)C)[C@@H]1C)c1cc(O)cc(Br)c1Br. The van der Waals surface area contributed by atoms with Crippen LogP contribution in [0.2, 0.25) is 0 Å². The van der Waals surface area contributed by atoms with Gasteiger partial charge in [0.2, 0.25) is 0 Å². The molecule has 248 valence electrons. The third-order valence-corrected chi connectivity index (χ3v) is 11.9. The zero-order valence-electron chi connectivity index (χ0n) is 26.5.